The monoisotopic (exact) mass is 382 g/mol. The maximum absolute atomic E-state index is 12.5. The van der Waals surface area contributed by atoms with E-state index < -0.39 is 0 Å². The standard InChI is InChI=1S/C21H26N4O3/c1-17(11-12-18-7-3-2-4-8-18)22-21(26)24-15-13-23(14-16-24)19-9-5-6-10-20(19)25(27)28/h2-10,17H,11-16H2,1H3,(H,22,26). The Morgan fingerprint density at radius 3 is 2.39 bits per heavy atom. The van der Waals surface area contributed by atoms with Crippen LogP contribution in [0.3, 0.4) is 0 Å². The molecular formula is C21H26N4O3. The second-order valence-electron chi connectivity index (χ2n) is 7.09. The number of hydrogen-bond acceptors (Lipinski definition) is 4. The fourth-order valence-electron chi connectivity index (χ4n) is 3.44. The first kappa shape index (κ1) is 19.7. The molecule has 0 radical (unpaired) electrons. The fraction of sp³-hybridized carbons (Fsp3) is 0.381. The minimum Gasteiger partial charge on any atom is -0.362 e. The first-order chi connectivity index (χ1) is 13.5. The highest BCUT2D eigenvalue weighted by Gasteiger charge is 2.25. The van der Waals surface area contributed by atoms with Crippen molar-refractivity contribution in [2.45, 2.75) is 25.8 Å². The van der Waals surface area contributed by atoms with Gasteiger partial charge in [0.1, 0.15) is 5.69 Å². The zero-order chi connectivity index (χ0) is 19.9. The van der Waals surface area contributed by atoms with Crippen LogP contribution in [-0.2, 0) is 6.42 Å². The minimum absolute atomic E-state index is 0.0669. The maximum atomic E-state index is 12.5. The quantitative estimate of drug-likeness (QED) is 0.613. The normalized spacial score (nSPS) is 15.2. The molecule has 3 rings (SSSR count). The van der Waals surface area contributed by atoms with Crippen molar-refractivity contribution in [1.29, 1.82) is 0 Å². The summed E-state index contributed by atoms with van der Waals surface area (Å²) in [6, 6.07) is 17.0. The van der Waals surface area contributed by atoms with Crippen molar-refractivity contribution in [3.8, 4) is 0 Å². The van der Waals surface area contributed by atoms with Crippen LogP contribution in [-0.4, -0.2) is 48.1 Å². The van der Waals surface area contributed by atoms with Crippen LogP contribution < -0.4 is 10.2 Å². The number of benzene rings is 2. The molecule has 0 saturated carbocycles. The van der Waals surface area contributed by atoms with E-state index >= 15 is 0 Å². The number of rotatable bonds is 6. The van der Waals surface area contributed by atoms with Crippen LogP contribution in [0.5, 0.6) is 0 Å². The van der Waals surface area contributed by atoms with Gasteiger partial charge >= 0.3 is 6.03 Å². The molecule has 28 heavy (non-hydrogen) atoms. The molecule has 2 aromatic rings. The molecule has 148 valence electrons. The predicted octanol–water partition coefficient (Wildman–Crippen LogP) is 3.45. The highest BCUT2D eigenvalue weighted by atomic mass is 16.6. The van der Waals surface area contributed by atoms with Crippen LogP contribution in [0.4, 0.5) is 16.2 Å². The summed E-state index contributed by atoms with van der Waals surface area (Å²) in [5.74, 6) is 0. The van der Waals surface area contributed by atoms with Crippen molar-refractivity contribution in [2.24, 2.45) is 0 Å². The fourth-order valence-corrected chi connectivity index (χ4v) is 3.44. The molecule has 7 nitrogen and oxygen atoms in total. The third-order valence-corrected chi connectivity index (χ3v) is 5.06. The van der Waals surface area contributed by atoms with Crippen molar-refractivity contribution in [3.63, 3.8) is 0 Å². The number of nitro benzene ring substituents is 1. The number of nitro groups is 1. The van der Waals surface area contributed by atoms with E-state index in [1.54, 1.807) is 23.1 Å². The minimum atomic E-state index is -0.358. The number of aryl methyl sites for hydroxylation is 1. The molecule has 1 N–H and O–H groups in total. The number of carbonyl (C=O) groups excluding carboxylic acids is 1. The number of carbonyl (C=O) groups is 1. The van der Waals surface area contributed by atoms with Crippen molar-refractivity contribution in [2.75, 3.05) is 31.1 Å². The molecule has 1 atom stereocenters. The lowest BCUT2D eigenvalue weighted by Gasteiger charge is -2.36. The largest absolute Gasteiger partial charge is 0.362 e. The Hall–Kier alpha value is -3.09. The van der Waals surface area contributed by atoms with Crippen LogP contribution in [0.1, 0.15) is 18.9 Å². The molecule has 1 heterocycles. The molecule has 2 amide bonds. The number of piperazine rings is 1. The third-order valence-electron chi connectivity index (χ3n) is 5.06. The van der Waals surface area contributed by atoms with Crippen LogP contribution in [0.2, 0.25) is 0 Å². The number of urea groups is 1. The van der Waals surface area contributed by atoms with Crippen LogP contribution in [0.25, 0.3) is 0 Å². The van der Waals surface area contributed by atoms with Gasteiger partial charge in [0.25, 0.3) is 5.69 Å². The first-order valence-corrected chi connectivity index (χ1v) is 9.62. The Labute approximate surface area is 165 Å². The number of hydrogen-bond donors (Lipinski definition) is 1. The van der Waals surface area contributed by atoms with Gasteiger partial charge in [-0.1, -0.05) is 42.5 Å². The zero-order valence-electron chi connectivity index (χ0n) is 16.1. The Balaban J connectivity index is 1.48. The number of para-hydroxylation sites is 2. The van der Waals surface area contributed by atoms with Crippen molar-refractivity contribution >= 4 is 17.4 Å². The summed E-state index contributed by atoms with van der Waals surface area (Å²) in [7, 11) is 0. The molecular weight excluding hydrogens is 356 g/mol. The van der Waals surface area contributed by atoms with Gasteiger partial charge in [0.15, 0.2) is 0 Å². The van der Waals surface area contributed by atoms with E-state index in [2.05, 4.69) is 17.4 Å². The molecule has 0 bridgehead atoms. The first-order valence-electron chi connectivity index (χ1n) is 9.62. The van der Waals surface area contributed by atoms with Crippen molar-refractivity contribution in [1.82, 2.24) is 10.2 Å². The van der Waals surface area contributed by atoms with Gasteiger partial charge in [-0.2, -0.15) is 0 Å². The second kappa shape index (κ2) is 9.21. The van der Waals surface area contributed by atoms with Crippen LogP contribution >= 0.6 is 0 Å². The van der Waals surface area contributed by atoms with E-state index in [4.69, 9.17) is 0 Å². The highest BCUT2D eigenvalue weighted by molar-refractivity contribution is 5.75. The topological polar surface area (TPSA) is 78.7 Å². The van der Waals surface area contributed by atoms with Gasteiger partial charge in [0.2, 0.25) is 0 Å². The molecule has 1 unspecified atom stereocenters. The summed E-state index contributed by atoms with van der Waals surface area (Å²) in [5.41, 5.74) is 1.99. The SMILES string of the molecule is CC(CCc1ccccc1)NC(=O)N1CCN(c2ccccc2[N+](=O)[O-])CC1. The molecule has 0 aliphatic carbocycles. The average Bonchev–Trinajstić information content (AvgIpc) is 2.73. The van der Waals surface area contributed by atoms with Gasteiger partial charge in [-0.3, -0.25) is 10.1 Å². The van der Waals surface area contributed by atoms with E-state index in [-0.39, 0.29) is 22.7 Å². The maximum Gasteiger partial charge on any atom is 0.317 e. The summed E-state index contributed by atoms with van der Waals surface area (Å²) in [6.45, 7) is 4.27. The lowest BCUT2D eigenvalue weighted by Crippen LogP contribution is -2.53. The van der Waals surface area contributed by atoms with Crippen LogP contribution in [0, 0.1) is 10.1 Å². The van der Waals surface area contributed by atoms with Gasteiger partial charge in [0.05, 0.1) is 4.92 Å². The lowest BCUT2D eigenvalue weighted by atomic mass is 10.1. The molecule has 0 aromatic heterocycles. The van der Waals surface area contributed by atoms with Gasteiger partial charge in [-0.05, 0) is 31.4 Å². The van der Waals surface area contributed by atoms with E-state index in [1.165, 1.54) is 11.6 Å². The number of nitrogens with zero attached hydrogens (tertiary/aromatic N) is 3. The van der Waals surface area contributed by atoms with E-state index in [1.807, 2.05) is 30.0 Å². The molecule has 1 aliphatic rings. The third kappa shape index (κ3) is 5.00. The number of anilines is 1. The molecule has 1 saturated heterocycles. The smallest absolute Gasteiger partial charge is 0.317 e. The second-order valence-corrected chi connectivity index (χ2v) is 7.09. The van der Waals surface area contributed by atoms with Gasteiger partial charge < -0.3 is 15.1 Å². The Morgan fingerprint density at radius 2 is 1.71 bits per heavy atom. The molecule has 7 heteroatoms. The Bertz CT molecular complexity index is 804. The van der Waals surface area contributed by atoms with E-state index in [0.717, 1.165) is 12.8 Å². The zero-order valence-corrected chi connectivity index (χ0v) is 16.1. The van der Waals surface area contributed by atoms with Gasteiger partial charge in [-0.25, -0.2) is 4.79 Å². The number of nitrogens with one attached hydrogen (secondary N) is 1. The van der Waals surface area contributed by atoms with E-state index in [9.17, 15) is 14.9 Å². The predicted molar refractivity (Wildman–Crippen MR) is 110 cm³/mol. The summed E-state index contributed by atoms with van der Waals surface area (Å²) >= 11 is 0. The van der Waals surface area contributed by atoms with Gasteiger partial charge in [-0.15, -0.1) is 0 Å². The average molecular weight is 382 g/mol. The van der Waals surface area contributed by atoms with Gasteiger partial charge in [0, 0.05) is 38.3 Å². The van der Waals surface area contributed by atoms with Crippen molar-refractivity contribution in [3.05, 3.63) is 70.3 Å². The molecule has 2 aromatic carbocycles. The van der Waals surface area contributed by atoms with Crippen LogP contribution in [0.15, 0.2) is 54.6 Å². The highest BCUT2D eigenvalue weighted by Crippen LogP contribution is 2.28. The molecule has 1 fully saturated rings. The molecule has 0 spiro atoms. The van der Waals surface area contributed by atoms with E-state index in [0.29, 0.717) is 31.9 Å². The summed E-state index contributed by atoms with van der Waals surface area (Å²) in [5, 5.41) is 14.3. The summed E-state index contributed by atoms with van der Waals surface area (Å²) < 4.78 is 0. The Morgan fingerprint density at radius 1 is 1.07 bits per heavy atom. The Kier molecular flexibility index (Phi) is 6.47. The number of amides is 2. The summed E-state index contributed by atoms with van der Waals surface area (Å²) in [6.07, 6.45) is 1.81. The summed E-state index contributed by atoms with van der Waals surface area (Å²) in [4.78, 5) is 27.1. The molecule has 1 aliphatic heterocycles. The van der Waals surface area contributed by atoms with Crippen molar-refractivity contribution < 1.29 is 9.72 Å². The lowest BCUT2D eigenvalue weighted by molar-refractivity contribution is -0.384.